The maximum absolute atomic E-state index is 12.5. The average molecular weight is 400 g/mol. The molecule has 4 rings (SSSR count). The number of carbonyl (C=O) groups excluding carboxylic acids is 1. The van der Waals surface area contributed by atoms with Gasteiger partial charge in [-0.1, -0.05) is 18.2 Å². The highest BCUT2D eigenvalue weighted by Gasteiger charge is 2.12. The molecule has 0 aliphatic carbocycles. The van der Waals surface area contributed by atoms with Crippen LogP contribution in [0.4, 0.5) is 0 Å². The van der Waals surface area contributed by atoms with Crippen molar-refractivity contribution >= 4 is 22.8 Å². The quantitative estimate of drug-likeness (QED) is 0.250. The number of aromatic nitrogens is 3. The molecule has 150 valence electrons. The number of benzene rings is 2. The van der Waals surface area contributed by atoms with Crippen LogP contribution >= 0.6 is 0 Å². The fourth-order valence-corrected chi connectivity index (χ4v) is 3.07. The Balaban J connectivity index is 1.47. The van der Waals surface area contributed by atoms with Gasteiger partial charge < -0.3 is 21.1 Å². The van der Waals surface area contributed by atoms with E-state index in [-0.39, 0.29) is 17.5 Å². The number of nitrogen functional groups attached to an aromatic ring is 1. The fourth-order valence-electron chi connectivity index (χ4n) is 3.07. The summed E-state index contributed by atoms with van der Waals surface area (Å²) in [6.07, 6.45) is 0.647. The van der Waals surface area contributed by atoms with E-state index in [2.05, 4.69) is 20.3 Å². The van der Waals surface area contributed by atoms with Crippen molar-refractivity contribution in [2.24, 2.45) is 5.73 Å². The summed E-state index contributed by atoms with van der Waals surface area (Å²) in [5.41, 5.74) is 9.46. The second-order valence-electron chi connectivity index (χ2n) is 6.81. The third-order valence-electron chi connectivity index (χ3n) is 4.65. The first-order chi connectivity index (χ1) is 14.5. The number of amides is 1. The minimum atomic E-state index is -0.273. The van der Waals surface area contributed by atoms with Crippen molar-refractivity contribution < 1.29 is 9.90 Å². The Bertz CT molecular complexity index is 1230. The zero-order valence-electron chi connectivity index (χ0n) is 16.0. The second kappa shape index (κ2) is 8.04. The molecular formula is C22H20N6O2. The standard InChI is InChI=1S/C22H20N6O2/c23-20(24)14-6-9-16-19(12-14)28-21(27-16)17-2-1-3-18(26-17)22(30)25-11-10-13-4-7-15(29)8-5-13/h1-9,12,29H,10-11H2,(H3,23,24)(H,25,30)(H,27,28). The van der Waals surface area contributed by atoms with E-state index in [1.54, 1.807) is 48.5 Å². The lowest BCUT2D eigenvalue weighted by molar-refractivity contribution is 0.0949. The van der Waals surface area contributed by atoms with Crippen LogP contribution in [0.5, 0.6) is 5.75 Å². The number of phenolic OH excluding ortho intramolecular Hbond substituents is 1. The van der Waals surface area contributed by atoms with Crippen LogP contribution in [0.15, 0.2) is 60.7 Å². The number of imidazole rings is 1. The Labute approximate surface area is 172 Å². The molecule has 2 heterocycles. The summed E-state index contributed by atoms with van der Waals surface area (Å²) in [7, 11) is 0. The lowest BCUT2D eigenvalue weighted by Gasteiger charge is -2.06. The van der Waals surface area contributed by atoms with E-state index in [9.17, 15) is 9.90 Å². The summed E-state index contributed by atoms with van der Waals surface area (Å²) in [5.74, 6) is 0.458. The number of aromatic amines is 1. The molecule has 2 aromatic heterocycles. The fraction of sp³-hybridized carbons (Fsp3) is 0.0909. The van der Waals surface area contributed by atoms with Gasteiger partial charge in [-0.2, -0.15) is 0 Å². The molecule has 2 aromatic carbocycles. The molecule has 0 saturated carbocycles. The normalized spacial score (nSPS) is 10.8. The number of hydrogen-bond acceptors (Lipinski definition) is 5. The van der Waals surface area contributed by atoms with Crippen LogP contribution < -0.4 is 11.1 Å². The Morgan fingerprint density at radius 1 is 1.10 bits per heavy atom. The van der Waals surface area contributed by atoms with Crippen LogP contribution in [-0.2, 0) is 6.42 Å². The molecule has 6 N–H and O–H groups in total. The molecule has 8 nitrogen and oxygen atoms in total. The molecule has 0 unspecified atom stereocenters. The Morgan fingerprint density at radius 3 is 2.67 bits per heavy atom. The number of rotatable bonds is 6. The minimum absolute atomic E-state index is 0.0165. The molecule has 0 spiro atoms. The molecule has 4 aromatic rings. The number of nitrogens with one attached hydrogen (secondary N) is 3. The van der Waals surface area contributed by atoms with Gasteiger partial charge in [-0.3, -0.25) is 10.2 Å². The van der Waals surface area contributed by atoms with Gasteiger partial charge in [0, 0.05) is 12.1 Å². The van der Waals surface area contributed by atoms with Crippen molar-refractivity contribution in [3.05, 3.63) is 77.5 Å². The van der Waals surface area contributed by atoms with E-state index in [0.717, 1.165) is 16.6 Å². The van der Waals surface area contributed by atoms with Gasteiger partial charge in [0.2, 0.25) is 0 Å². The third kappa shape index (κ3) is 4.12. The molecule has 0 radical (unpaired) electrons. The van der Waals surface area contributed by atoms with Crippen molar-refractivity contribution in [2.45, 2.75) is 6.42 Å². The minimum Gasteiger partial charge on any atom is -0.508 e. The van der Waals surface area contributed by atoms with Crippen LogP contribution in [0, 0.1) is 5.41 Å². The van der Waals surface area contributed by atoms with E-state index in [4.69, 9.17) is 11.1 Å². The number of nitrogens with two attached hydrogens (primary N) is 1. The number of phenols is 1. The number of hydrogen-bond donors (Lipinski definition) is 5. The highest BCUT2D eigenvalue weighted by atomic mass is 16.3. The van der Waals surface area contributed by atoms with Gasteiger partial charge in [0.25, 0.3) is 5.91 Å². The largest absolute Gasteiger partial charge is 0.508 e. The molecular weight excluding hydrogens is 380 g/mol. The topological polar surface area (TPSA) is 141 Å². The SMILES string of the molecule is N=C(N)c1ccc2nc(-c3cccc(C(=O)NCCc4ccc(O)cc4)n3)[nH]c2c1. The number of nitrogens with zero attached hydrogens (tertiary/aromatic N) is 2. The van der Waals surface area contributed by atoms with Crippen molar-refractivity contribution in [1.29, 1.82) is 5.41 Å². The van der Waals surface area contributed by atoms with Gasteiger partial charge >= 0.3 is 0 Å². The lowest BCUT2D eigenvalue weighted by atomic mass is 10.1. The highest BCUT2D eigenvalue weighted by molar-refractivity contribution is 5.98. The molecule has 30 heavy (non-hydrogen) atoms. The molecule has 0 fully saturated rings. The van der Waals surface area contributed by atoms with Gasteiger partial charge in [0.15, 0.2) is 5.82 Å². The monoisotopic (exact) mass is 400 g/mol. The number of pyridine rings is 1. The molecule has 0 atom stereocenters. The van der Waals surface area contributed by atoms with Crippen molar-refractivity contribution in [3.8, 4) is 17.3 Å². The summed E-state index contributed by atoms with van der Waals surface area (Å²) in [6.45, 7) is 0.452. The summed E-state index contributed by atoms with van der Waals surface area (Å²) < 4.78 is 0. The second-order valence-corrected chi connectivity index (χ2v) is 6.81. The third-order valence-corrected chi connectivity index (χ3v) is 4.65. The molecule has 0 aliphatic heterocycles. The van der Waals surface area contributed by atoms with E-state index in [1.165, 1.54) is 0 Å². The Kier molecular flexibility index (Phi) is 5.13. The predicted octanol–water partition coefficient (Wildman–Crippen LogP) is 2.59. The maximum Gasteiger partial charge on any atom is 0.269 e. The van der Waals surface area contributed by atoms with Crippen molar-refractivity contribution in [2.75, 3.05) is 6.54 Å². The van der Waals surface area contributed by atoms with Crippen LogP contribution in [-0.4, -0.2) is 38.3 Å². The number of aromatic hydroxyl groups is 1. The van der Waals surface area contributed by atoms with Gasteiger partial charge in [0.1, 0.15) is 23.0 Å². The first kappa shape index (κ1) is 19.1. The Morgan fingerprint density at radius 2 is 1.90 bits per heavy atom. The summed E-state index contributed by atoms with van der Waals surface area (Å²) in [5, 5.41) is 19.7. The van der Waals surface area contributed by atoms with Gasteiger partial charge in [0.05, 0.1) is 11.0 Å². The molecule has 0 aliphatic rings. The first-order valence-corrected chi connectivity index (χ1v) is 9.37. The summed E-state index contributed by atoms with van der Waals surface area (Å²) >= 11 is 0. The van der Waals surface area contributed by atoms with E-state index >= 15 is 0 Å². The van der Waals surface area contributed by atoms with E-state index in [1.807, 2.05) is 12.1 Å². The van der Waals surface area contributed by atoms with E-state index < -0.39 is 0 Å². The number of H-pyrrole nitrogens is 1. The zero-order valence-corrected chi connectivity index (χ0v) is 16.0. The van der Waals surface area contributed by atoms with Crippen LogP contribution in [0.25, 0.3) is 22.6 Å². The lowest BCUT2D eigenvalue weighted by Crippen LogP contribution is -2.26. The molecule has 0 bridgehead atoms. The summed E-state index contributed by atoms with van der Waals surface area (Å²) in [6, 6.07) is 17.3. The summed E-state index contributed by atoms with van der Waals surface area (Å²) in [4.78, 5) is 24.6. The van der Waals surface area contributed by atoms with Crippen molar-refractivity contribution in [1.82, 2.24) is 20.3 Å². The number of carbonyl (C=O) groups is 1. The maximum atomic E-state index is 12.5. The molecule has 8 heteroatoms. The predicted molar refractivity (Wildman–Crippen MR) is 114 cm³/mol. The van der Waals surface area contributed by atoms with E-state index in [0.29, 0.717) is 35.7 Å². The van der Waals surface area contributed by atoms with Crippen LogP contribution in [0.1, 0.15) is 21.6 Å². The van der Waals surface area contributed by atoms with Crippen molar-refractivity contribution in [3.63, 3.8) is 0 Å². The first-order valence-electron chi connectivity index (χ1n) is 9.37. The number of amidine groups is 1. The Hall–Kier alpha value is -4.20. The molecule has 1 amide bonds. The van der Waals surface area contributed by atoms with Gasteiger partial charge in [-0.15, -0.1) is 0 Å². The number of fused-ring (bicyclic) bond motifs is 1. The highest BCUT2D eigenvalue weighted by Crippen LogP contribution is 2.20. The molecule has 0 saturated heterocycles. The smallest absolute Gasteiger partial charge is 0.269 e. The average Bonchev–Trinajstić information content (AvgIpc) is 3.18. The zero-order chi connectivity index (χ0) is 21.1. The van der Waals surface area contributed by atoms with Gasteiger partial charge in [-0.05, 0) is 54.4 Å². The van der Waals surface area contributed by atoms with Gasteiger partial charge in [-0.25, -0.2) is 9.97 Å². The van der Waals surface area contributed by atoms with Crippen LogP contribution in [0.2, 0.25) is 0 Å². The van der Waals surface area contributed by atoms with Crippen LogP contribution in [0.3, 0.4) is 0 Å².